The van der Waals surface area contributed by atoms with Gasteiger partial charge in [0.05, 0.1) is 41.6 Å². The van der Waals surface area contributed by atoms with E-state index in [1.165, 1.54) is 25.1 Å². The third-order valence-electron chi connectivity index (χ3n) is 7.23. The predicted molar refractivity (Wildman–Crippen MR) is 148 cm³/mol. The number of benzene rings is 1. The average Bonchev–Trinajstić information content (AvgIpc) is 3.62. The van der Waals surface area contributed by atoms with Crippen LogP contribution in [0.15, 0.2) is 36.9 Å². The van der Waals surface area contributed by atoms with Gasteiger partial charge in [-0.3, -0.25) is 9.69 Å². The number of pyridine rings is 1. The second kappa shape index (κ2) is 13.3. The van der Waals surface area contributed by atoms with E-state index in [1.807, 2.05) is 6.92 Å². The van der Waals surface area contributed by atoms with Crippen molar-refractivity contribution in [3.05, 3.63) is 59.8 Å². The lowest BCUT2D eigenvalue weighted by Gasteiger charge is -2.36. The number of halogens is 3. The minimum absolute atomic E-state index is 0.0444. The zero-order valence-corrected chi connectivity index (χ0v) is 23.3. The van der Waals surface area contributed by atoms with E-state index in [0.717, 1.165) is 24.2 Å². The number of anilines is 1. The van der Waals surface area contributed by atoms with Gasteiger partial charge in [-0.25, -0.2) is 18.7 Å². The van der Waals surface area contributed by atoms with Crippen LogP contribution < -0.4 is 10.6 Å². The fraction of sp³-hybridized carbons (Fsp3) is 0.483. The number of aromatic nitrogens is 3. The van der Waals surface area contributed by atoms with Crippen LogP contribution in [0.5, 0.6) is 0 Å². The van der Waals surface area contributed by atoms with Gasteiger partial charge in [0.15, 0.2) is 0 Å². The van der Waals surface area contributed by atoms with Crippen LogP contribution in [0, 0.1) is 25.6 Å². The third-order valence-corrected chi connectivity index (χ3v) is 7.23. The number of likely N-dealkylation sites (tertiary alicyclic amines) is 1. The van der Waals surface area contributed by atoms with Crippen molar-refractivity contribution >= 4 is 12.1 Å². The summed E-state index contributed by atoms with van der Waals surface area (Å²) in [5, 5.41) is 5.82. The number of rotatable bonds is 9. The first-order valence-corrected chi connectivity index (χ1v) is 13.5. The Balaban J connectivity index is 0.000000546. The predicted octanol–water partition coefficient (Wildman–Crippen LogP) is 4.58. The first-order valence-electron chi connectivity index (χ1n) is 13.5. The zero-order valence-electron chi connectivity index (χ0n) is 23.3. The number of methoxy groups -OCH3 is 1. The quantitative estimate of drug-likeness (QED) is 0.296. The second-order valence-electron chi connectivity index (χ2n) is 10.5. The molecule has 2 unspecified atom stereocenters. The number of alkyl halides is 1. The molecule has 1 saturated carbocycles. The highest BCUT2D eigenvalue weighted by Gasteiger charge is 2.30. The number of hydrogen-bond acceptors (Lipinski definition) is 6. The molecule has 1 aliphatic heterocycles. The summed E-state index contributed by atoms with van der Waals surface area (Å²) in [5.74, 6) is -0.941. The van der Waals surface area contributed by atoms with Crippen molar-refractivity contribution in [3.8, 4) is 16.9 Å². The highest BCUT2D eigenvalue weighted by Crippen LogP contribution is 2.27. The van der Waals surface area contributed by atoms with Gasteiger partial charge in [-0.05, 0) is 69.4 Å². The Bertz CT molecular complexity index is 1300. The molecule has 2 aromatic heterocycles. The van der Waals surface area contributed by atoms with E-state index in [0.29, 0.717) is 42.5 Å². The summed E-state index contributed by atoms with van der Waals surface area (Å²) < 4.78 is 50.3. The summed E-state index contributed by atoms with van der Waals surface area (Å²) in [6, 6.07) is 4.93. The lowest BCUT2D eigenvalue weighted by Crippen LogP contribution is -2.49. The fourth-order valence-corrected chi connectivity index (χ4v) is 4.64. The van der Waals surface area contributed by atoms with Gasteiger partial charge < -0.3 is 19.9 Å². The number of amides is 1. The Morgan fingerprint density at radius 1 is 1.15 bits per heavy atom. The monoisotopic (exact) mass is 558 g/mol. The number of nitrogens with zero attached hydrogens (tertiary/aromatic N) is 4. The molecule has 5 rings (SSSR count). The van der Waals surface area contributed by atoms with Crippen molar-refractivity contribution < 1.29 is 22.7 Å². The number of carbonyl (C=O) groups is 1. The molecule has 1 amide bonds. The van der Waals surface area contributed by atoms with Crippen LogP contribution in [0.2, 0.25) is 0 Å². The molecule has 1 aromatic carbocycles. The minimum Gasteiger partial charge on any atom is -0.380 e. The topological polar surface area (TPSA) is 84.3 Å². The molecule has 2 N–H and O–H groups in total. The molecule has 3 heterocycles. The SMILES string of the molecule is CO[C@@H](C)CN1CCC(Nc2cnc(F)c(-c3cn(-c4cc(C)c(F)cc4C)cn3)c2)C(F)C1.O=CNC1CC1. The molecule has 2 aliphatic rings. The van der Waals surface area contributed by atoms with Gasteiger partial charge in [-0.1, -0.05) is 0 Å². The molecule has 3 aromatic rings. The van der Waals surface area contributed by atoms with Crippen LogP contribution in [-0.4, -0.2) is 76.9 Å². The number of imidazole rings is 1. The molecule has 2 fully saturated rings. The van der Waals surface area contributed by atoms with Crippen LogP contribution >= 0.6 is 0 Å². The van der Waals surface area contributed by atoms with Gasteiger partial charge in [0.1, 0.15) is 12.0 Å². The van der Waals surface area contributed by atoms with Crippen LogP contribution in [0.1, 0.15) is 37.3 Å². The van der Waals surface area contributed by atoms with Gasteiger partial charge >= 0.3 is 0 Å². The summed E-state index contributed by atoms with van der Waals surface area (Å²) in [7, 11) is 1.65. The maximum atomic E-state index is 14.8. The third kappa shape index (κ3) is 7.60. The average molecular weight is 559 g/mol. The number of nitrogens with one attached hydrogen (secondary N) is 2. The first kappa shape index (κ1) is 29.5. The van der Waals surface area contributed by atoms with Crippen molar-refractivity contribution in [2.45, 2.75) is 64.4 Å². The van der Waals surface area contributed by atoms with Crippen molar-refractivity contribution in [1.29, 1.82) is 0 Å². The summed E-state index contributed by atoms with van der Waals surface area (Å²) in [6.07, 6.45) is 7.31. The van der Waals surface area contributed by atoms with E-state index in [-0.39, 0.29) is 17.5 Å². The van der Waals surface area contributed by atoms with Crippen LogP contribution in [0.25, 0.3) is 16.9 Å². The van der Waals surface area contributed by atoms with E-state index < -0.39 is 18.2 Å². The summed E-state index contributed by atoms with van der Waals surface area (Å²) in [6.45, 7) is 7.20. The van der Waals surface area contributed by atoms with Crippen LogP contribution in [-0.2, 0) is 9.53 Å². The van der Waals surface area contributed by atoms with E-state index in [4.69, 9.17) is 4.74 Å². The highest BCUT2D eigenvalue weighted by molar-refractivity contribution is 5.64. The molecular weight excluding hydrogens is 521 g/mol. The molecule has 8 nitrogen and oxygen atoms in total. The number of hydrogen-bond donors (Lipinski definition) is 2. The molecule has 40 heavy (non-hydrogen) atoms. The Hall–Kier alpha value is -3.44. The molecule has 0 radical (unpaired) electrons. The van der Waals surface area contributed by atoms with Crippen LogP contribution in [0.4, 0.5) is 18.9 Å². The highest BCUT2D eigenvalue weighted by atomic mass is 19.1. The van der Waals surface area contributed by atoms with Gasteiger partial charge in [0.2, 0.25) is 12.4 Å². The van der Waals surface area contributed by atoms with E-state index in [1.54, 1.807) is 50.2 Å². The Morgan fingerprint density at radius 3 is 2.58 bits per heavy atom. The molecule has 3 atom stereocenters. The van der Waals surface area contributed by atoms with Crippen molar-refractivity contribution in [2.24, 2.45) is 0 Å². The maximum absolute atomic E-state index is 14.8. The smallest absolute Gasteiger partial charge is 0.222 e. The lowest BCUT2D eigenvalue weighted by molar-refractivity contribution is -0.109. The molecule has 11 heteroatoms. The fourth-order valence-electron chi connectivity index (χ4n) is 4.64. The number of aryl methyl sites for hydroxylation is 2. The molecular formula is C29H37F3N6O2. The lowest BCUT2D eigenvalue weighted by atomic mass is 10.0. The second-order valence-corrected chi connectivity index (χ2v) is 10.5. The number of piperidine rings is 1. The number of carbonyl (C=O) groups excluding carboxylic acids is 1. The largest absolute Gasteiger partial charge is 0.380 e. The molecule has 0 spiro atoms. The minimum atomic E-state index is -1.07. The summed E-state index contributed by atoms with van der Waals surface area (Å²) in [5.41, 5.74) is 3.14. The van der Waals surface area contributed by atoms with Crippen LogP contribution in [0.3, 0.4) is 0 Å². The number of ether oxygens (including phenoxy) is 1. The molecule has 0 bridgehead atoms. The maximum Gasteiger partial charge on any atom is 0.222 e. The molecule has 1 saturated heterocycles. The Labute approximate surface area is 233 Å². The van der Waals surface area contributed by atoms with Gasteiger partial charge in [-0.15, -0.1) is 0 Å². The van der Waals surface area contributed by atoms with Gasteiger partial charge in [0, 0.05) is 44.7 Å². The summed E-state index contributed by atoms with van der Waals surface area (Å²) in [4.78, 5) is 19.8. The zero-order chi connectivity index (χ0) is 28.8. The van der Waals surface area contributed by atoms with Gasteiger partial charge in [0.25, 0.3) is 0 Å². The standard InChI is InChI=1S/C25H30F3N5O.C4H7NO/c1-15-8-24(16(2)7-20(15)26)33-13-23(30-14-33)19-9-18(10-29-25(19)28)31-22-5-6-32(12-21(22)27)11-17(3)34-4;6-3-5-4-1-2-4/h7-10,13-14,17,21-22,31H,5-6,11-12H2,1-4H3;3-4H,1-2H2,(H,5,6)/t17-,21?,22?;/m0./s1. The van der Waals surface area contributed by atoms with E-state index in [2.05, 4.69) is 25.5 Å². The van der Waals surface area contributed by atoms with Crippen molar-refractivity contribution in [3.63, 3.8) is 0 Å². The molecule has 1 aliphatic carbocycles. The Kier molecular flexibility index (Phi) is 9.80. The van der Waals surface area contributed by atoms with Crippen molar-refractivity contribution in [2.75, 3.05) is 32.1 Å². The normalized spacial score (nSPS) is 19.9. The van der Waals surface area contributed by atoms with Crippen molar-refractivity contribution in [1.82, 2.24) is 24.8 Å². The van der Waals surface area contributed by atoms with Gasteiger partial charge in [-0.2, -0.15) is 4.39 Å². The summed E-state index contributed by atoms with van der Waals surface area (Å²) >= 11 is 0. The Morgan fingerprint density at radius 2 is 1.93 bits per heavy atom. The van der Waals surface area contributed by atoms with E-state index >= 15 is 0 Å². The molecule has 216 valence electrons. The first-order chi connectivity index (χ1) is 19.2. The van der Waals surface area contributed by atoms with E-state index in [9.17, 15) is 18.0 Å².